The van der Waals surface area contributed by atoms with Crippen LogP contribution in [-0.4, -0.2) is 140 Å². The molecule has 2 aliphatic carbocycles. The second-order valence-corrected chi connectivity index (χ2v) is 22.4. The van der Waals surface area contributed by atoms with Gasteiger partial charge in [0.15, 0.2) is 5.82 Å². The van der Waals surface area contributed by atoms with Gasteiger partial charge in [-0.1, -0.05) is 65.8 Å². The van der Waals surface area contributed by atoms with Crippen LogP contribution in [0.4, 0.5) is 27.9 Å². The van der Waals surface area contributed by atoms with Crippen molar-refractivity contribution in [1.29, 1.82) is 0 Å². The topological polar surface area (TPSA) is 219 Å². The third-order valence-electron chi connectivity index (χ3n) is 15.2. The number of pyridine rings is 1. The SMILES string of the molecule is CC[C@@H]1C(=O)N(C)c2cnc(Nc3ccc(-c4cn(C5CCC(N(CCOCCC#Cc6cccc7c6CN(C6CCC(=O)NC6=O)C7=O)C(=O)OCCSSc6ccccn6)CC5)nn4)cc3OC)nc2N1C1CCCC1. The number of amides is 5. The van der Waals surface area contributed by atoms with Crippen molar-refractivity contribution in [1.82, 2.24) is 45.1 Å². The van der Waals surface area contributed by atoms with E-state index in [0.717, 1.165) is 73.3 Å². The fourth-order valence-corrected chi connectivity index (χ4v) is 12.9. The first-order valence-corrected chi connectivity index (χ1v) is 29.2. The molecule has 408 valence electrons. The van der Waals surface area contributed by atoms with Crippen molar-refractivity contribution in [3.63, 3.8) is 0 Å². The molecule has 20 nitrogen and oxygen atoms in total. The Morgan fingerprint density at radius 3 is 2.58 bits per heavy atom. The molecule has 5 aliphatic rings. The Morgan fingerprint density at radius 1 is 0.949 bits per heavy atom. The number of methoxy groups -OCH3 is 1. The van der Waals surface area contributed by atoms with Gasteiger partial charge in [0.1, 0.15) is 40.8 Å². The molecule has 5 aromatic rings. The molecule has 0 radical (unpaired) electrons. The minimum absolute atomic E-state index is 0.0658. The van der Waals surface area contributed by atoms with E-state index in [0.29, 0.717) is 84.7 Å². The molecule has 5 amide bonds. The van der Waals surface area contributed by atoms with Gasteiger partial charge in [-0.2, -0.15) is 4.98 Å². The van der Waals surface area contributed by atoms with Crippen LogP contribution in [0.2, 0.25) is 0 Å². The van der Waals surface area contributed by atoms with Crippen LogP contribution in [0.15, 0.2) is 78.2 Å². The lowest BCUT2D eigenvalue weighted by atomic mass is 9.90. The van der Waals surface area contributed by atoms with Gasteiger partial charge in [0.05, 0.1) is 44.4 Å². The van der Waals surface area contributed by atoms with Crippen molar-refractivity contribution < 1.29 is 38.2 Å². The fraction of sp³-hybridized carbons (Fsp3) is 0.464. The van der Waals surface area contributed by atoms with Crippen molar-refractivity contribution >= 4 is 74.5 Å². The van der Waals surface area contributed by atoms with Crippen LogP contribution in [0.25, 0.3) is 11.3 Å². The summed E-state index contributed by atoms with van der Waals surface area (Å²) in [5.41, 5.74) is 4.92. The average Bonchev–Trinajstić information content (AvgIpc) is 4.35. The van der Waals surface area contributed by atoms with Crippen molar-refractivity contribution in [3.8, 4) is 28.8 Å². The molecule has 10 rings (SSSR count). The molecule has 2 atom stereocenters. The maximum Gasteiger partial charge on any atom is 0.410 e. The number of hydrogen-bond acceptors (Lipinski definition) is 17. The van der Waals surface area contributed by atoms with Gasteiger partial charge < -0.3 is 39.1 Å². The van der Waals surface area contributed by atoms with Crippen LogP contribution in [-0.2, 0) is 30.4 Å². The summed E-state index contributed by atoms with van der Waals surface area (Å²) in [6.07, 6.45) is 14.0. The molecule has 3 aliphatic heterocycles. The molecule has 1 unspecified atom stereocenters. The predicted octanol–water partition coefficient (Wildman–Crippen LogP) is 7.97. The zero-order chi connectivity index (χ0) is 54.1. The number of nitrogens with one attached hydrogen (secondary N) is 2. The first-order chi connectivity index (χ1) is 38.1. The number of rotatable bonds is 19. The summed E-state index contributed by atoms with van der Waals surface area (Å²) in [5.74, 6) is 7.78. The van der Waals surface area contributed by atoms with E-state index in [-0.39, 0.29) is 67.6 Å². The molecular weight excluding hydrogens is 1030 g/mol. The lowest BCUT2D eigenvalue weighted by molar-refractivity contribution is -0.137. The Kier molecular flexibility index (Phi) is 17.4. The molecule has 2 saturated carbocycles. The van der Waals surface area contributed by atoms with E-state index in [2.05, 4.69) is 54.6 Å². The molecule has 1 saturated heterocycles. The van der Waals surface area contributed by atoms with Gasteiger partial charge in [-0.3, -0.25) is 24.5 Å². The highest BCUT2D eigenvalue weighted by atomic mass is 33.1. The van der Waals surface area contributed by atoms with Crippen molar-refractivity contribution in [2.24, 2.45) is 0 Å². The zero-order valence-corrected chi connectivity index (χ0v) is 45.7. The Bertz CT molecular complexity index is 3070. The van der Waals surface area contributed by atoms with Crippen LogP contribution >= 0.6 is 21.6 Å². The van der Waals surface area contributed by atoms with Gasteiger partial charge >= 0.3 is 6.09 Å². The monoisotopic (exact) mass is 1100 g/mol. The average molecular weight is 1100 g/mol. The molecule has 22 heteroatoms. The molecule has 2 aromatic carbocycles. The maximum absolute atomic E-state index is 13.8. The predicted molar refractivity (Wildman–Crippen MR) is 296 cm³/mol. The molecule has 3 aromatic heterocycles. The van der Waals surface area contributed by atoms with Crippen LogP contribution in [0.1, 0.15) is 112 Å². The first kappa shape index (κ1) is 54.1. The van der Waals surface area contributed by atoms with E-state index in [1.165, 1.54) is 4.90 Å². The summed E-state index contributed by atoms with van der Waals surface area (Å²) in [7, 11) is 6.54. The highest BCUT2D eigenvalue weighted by Gasteiger charge is 2.42. The van der Waals surface area contributed by atoms with Crippen molar-refractivity contribution in [2.45, 2.75) is 126 Å². The number of carbonyl (C=O) groups excluding carboxylic acids is 5. The van der Waals surface area contributed by atoms with Gasteiger partial charge in [-0.05, 0) is 104 Å². The summed E-state index contributed by atoms with van der Waals surface area (Å²) >= 11 is 0. The maximum atomic E-state index is 13.8. The minimum Gasteiger partial charge on any atom is -0.495 e. The molecular formula is C56H64N12O8S2. The normalized spacial score (nSPS) is 20.2. The molecule has 0 spiro atoms. The highest BCUT2D eigenvalue weighted by molar-refractivity contribution is 8.76. The molecule has 3 fully saturated rings. The summed E-state index contributed by atoms with van der Waals surface area (Å²) in [6.45, 7) is 3.52. The van der Waals surface area contributed by atoms with E-state index in [1.807, 2.05) is 53.3 Å². The van der Waals surface area contributed by atoms with E-state index in [1.54, 1.807) is 70.1 Å². The molecule has 78 heavy (non-hydrogen) atoms. The van der Waals surface area contributed by atoms with Crippen LogP contribution in [0, 0.1) is 11.8 Å². The number of carbonyl (C=O) groups is 5. The smallest absolute Gasteiger partial charge is 0.410 e. The third kappa shape index (κ3) is 12.1. The van der Waals surface area contributed by atoms with Gasteiger partial charge in [-0.25, -0.2) is 19.4 Å². The number of piperidine rings is 1. The molecule has 0 bridgehead atoms. The third-order valence-corrected chi connectivity index (χ3v) is 17.4. The van der Waals surface area contributed by atoms with Crippen LogP contribution in [0.5, 0.6) is 5.75 Å². The van der Waals surface area contributed by atoms with Gasteiger partial charge in [-0.15, -0.1) is 5.10 Å². The number of ether oxygens (including phenoxy) is 3. The second-order valence-electron chi connectivity index (χ2n) is 19.9. The van der Waals surface area contributed by atoms with E-state index in [9.17, 15) is 24.0 Å². The number of imide groups is 1. The zero-order valence-electron chi connectivity index (χ0n) is 44.1. The summed E-state index contributed by atoms with van der Waals surface area (Å²) in [5, 5.41) is 15.8. The number of benzene rings is 2. The first-order valence-electron chi connectivity index (χ1n) is 26.9. The van der Waals surface area contributed by atoms with Crippen LogP contribution in [0.3, 0.4) is 0 Å². The number of nitrogens with zero attached hydrogens (tertiary/aromatic N) is 10. The van der Waals surface area contributed by atoms with Crippen molar-refractivity contribution in [2.75, 3.05) is 61.4 Å². The number of aromatic nitrogens is 6. The van der Waals surface area contributed by atoms with E-state index < -0.39 is 11.9 Å². The summed E-state index contributed by atoms with van der Waals surface area (Å²) in [4.78, 5) is 86.0. The lowest BCUT2D eigenvalue weighted by Gasteiger charge is -2.43. The van der Waals surface area contributed by atoms with Crippen molar-refractivity contribution in [3.05, 3.63) is 89.9 Å². The quantitative estimate of drug-likeness (QED) is 0.0347. The minimum atomic E-state index is -0.697. The van der Waals surface area contributed by atoms with Gasteiger partial charge in [0.2, 0.25) is 23.7 Å². The van der Waals surface area contributed by atoms with Gasteiger partial charge in [0, 0.05) is 73.7 Å². The van der Waals surface area contributed by atoms with Crippen LogP contribution < -0.4 is 25.2 Å². The largest absolute Gasteiger partial charge is 0.495 e. The Morgan fingerprint density at radius 2 is 1.79 bits per heavy atom. The Balaban J connectivity index is 0.743. The summed E-state index contributed by atoms with van der Waals surface area (Å²) in [6, 6.07) is 16.3. The van der Waals surface area contributed by atoms with E-state index in [4.69, 9.17) is 19.2 Å². The number of hydrogen-bond donors (Lipinski definition) is 2. The second kappa shape index (κ2) is 25.1. The van der Waals surface area contributed by atoms with E-state index >= 15 is 0 Å². The van der Waals surface area contributed by atoms with Gasteiger partial charge in [0.25, 0.3) is 5.91 Å². The fourth-order valence-electron chi connectivity index (χ4n) is 11.2. The Hall–Kier alpha value is -7.22. The number of likely N-dealkylation sites (N-methyl/N-ethyl adjacent to an activating group) is 1. The highest BCUT2D eigenvalue weighted by Crippen LogP contribution is 2.41. The molecule has 6 heterocycles. The Labute approximate surface area is 461 Å². The standard InChI is InChI=1S/C56H64N12O8S2/c1-4-45-54(72)64(2)47-33-58-55(61-51(47)68(45)40-14-5-6-15-40)59-43-23-18-37(32-48(43)74-3)44-35-67(63-62-44)39-21-19-38(20-22-39)65(56(73)76-30-31-77-78-50-17-7-9-26-57-50)27-29-75-28-10-8-12-36-13-11-16-41-42(36)34-66(53(41)71)46-24-25-49(69)60-52(46)70/h7,9,11,13,16-18,23,26,32-33,35,38-40,45-46H,4-6,10,14-15,19-22,24-25,27-31,34H2,1-3H3,(H,58,59,61)(H,60,69,70)/t38?,39?,45-,46?/m1/s1. The summed E-state index contributed by atoms with van der Waals surface area (Å²) < 4.78 is 19.7. The molecule has 2 N–H and O–H groups in total. The number of anilines is 4. The lowest BCUT2D eigenvalue weighted by Crippen LogP contribution is -2.55. The number of fused-ring (bicyclic) bond motifs is 2.